The average Bonchev–Trinajstić information content (AvgIpc) is 3.18. The van der Waals surface area contributed by atoms with Crippen molar-refractivity contribution in [1.82, 2.24) is 0 Å². The number of ketones is 1. The minimum atomic E-state index is -0.667. The summed E-state index contributed by atoms with van der Waals surface area (Å²) in [5, 5.41) is 9.73. The first-order valence-corrected chi connectivity index (χ1v) is 10.6. The fourth-order valence-electron chi connectivity index (χ4n) is 4.83. The summed E-state index contributed by atoms with van der Waals surface area (Å²) in [7, 11) is 0. The van der Waals surface area contributed by atoms with Gasteiger partial charge in [-0.3, -0.25) is 14.6 Å². The number of allylic oxidation sites excluding steroid dienone is 2. The molecule has 160 valence electrons. The minimum absolute atomic E-state index is 0.0347. The van der Waals surface area contributed by atoms with Crippen LogP contribution in [0.1, 0.15) is 57.9 Å². The van der Waals surface area contributed by atoms with Crippen molar-refractivity contribution in [3.05, 3.63) is 41.1 Å². The van der Waals surface area contributed by atoms with Gasteiger partial charge < -0.3 is 14.6 Å². The molecule has 1 aromatic carbocycles. The van der Waals surface area contributed by atoms with Crippen molar-refractivity contribution in [2.24, 2.45) is 16.3 Å². The molecule has 1 saturated heterocycles. The molecule has 2 heterocycles. The van der Waals surface area contributed by atoms with Crippen molar-refractivity contribution in [3.8, 4) is 5.75 Å². The average molecular weight is 411 g/mol. The molecule has 1 aliphatic carbocycles. The van der Waals surface area contributed by atoms with Crippen LogP contribution in [0.2, 0.25) is 0 Å². The number of hydrogen-bond acceptors (Lipinski definition) is 6. The fraction of sp³-hybridized carbons (Fsp3) is 0.542. The van der Waals surface area contributed by atoms with Gasteiger partial charge in [0.2, 0.25) is 0 Å². The zero-order chi connectivity index (χ0) is 21.5. The number of esters is 1. The van der Waals surface area contributed by atoms with Crippen LogP contribution in [0.15, 0.2) is 40.5 Å². The summed E-state index contributed by atoms with van der Waals surface area (Å²) >= 11 is 0. The lowest BCUT2D eigenvalue weighted by Gasteiger charge is -2.39. The first-order valence-electron chi connectivity index (χ1n) is 10.6. The summed E-state index contributed by atoms with van der Waals surface area (Å²) in [6.07, 6.45) is 2.91. The van der Waals surface area contributed by atoms with Gasteiger partial charge in [-0.15, -0.1) is 0 Å². The number of carbonyl (C=O) groups is 2. The van der Waals surface area contributed by atoms with E-state index in [1.165, 1.54) is 0 Å². The van der Waals surface area contributed by atoms with Crippen LogP contribution in [-0.2, 0) is 19.1 Å². The van der Waals surface area contributed by atoms with E-state index < -0.39 is 11.8 Å². The van der Waals surface area contributed by atoms with Crippen molar-refractivity contribution >= 4 is 17.5 Å². The topological polar surface area (TPSA) is 85.2 Å². The maximum Gasteiger partial charge on any atom is 0.315 e. The summed E-state index contributed by atoms with van der Waals surface area (Å²) < 4.78 is 11.2. The van der Waals surface area contributed by atoms with E-state index in [4.69, 9.17) is 14.5 Å². The summed E-state index contributed by atoms with van der Waals surface area (Å²) in [6, 6.07) is 6.72. The normalized spacial score (nSPS) is 28.2. The third-order valence-corrected chi connectivity index (χ3v) is 6.24. The number of rotatable bonds is 4. The highest BCUT2D eigenvalue weighted by Crippen LogP contribution is 2.48. The number of aliphatic imine (C=N–C) groups is 1. The highest BCUT2D eigenvalue weighted by molar-refractivity contribution is 6.09. The number of nitrogens with zero attached hydrogens (tertiary/aromatic N) is 1. The molecule has 0 aromatic heterocycles. The molecule has 0 radical (unpaired) electrons. The molecule has 6 nitrogen and oxygen atoms in total. The molecule has 30 heavy (non-hydrogen) atoms. The van der Waals surface area contributed by atoms with E-state index in [-0.39, 0.29) is 35.6 Å². The SMILES string of the molecule is CC1=NC2=C(C(=O)CC(C)(C)C2)[C@H](c2ccc(O)cc2)C1C(=O)OC[C@H]1CCCO1. The van der Waals surface area contributed by atoms with Gasteiger partial charge in [-0.05, 0) is 49.3 Å². The van der Waals surface area contributed by atoms with E-state index in [1.54, 1.807) is 24.3 Å². The molecule has 1 unspecified atom stereocenters. The molecular weight excluding hydrogens is 382 g/mol. The van der Waals surface area contributed by atoms with Crippen molar-refractivity contribution in [3.63, 3.8) is 0 Å². The van der Waals surface area contributed by atoms with Crippen LogP contribution in [-0.4, -0.2) is 41.9 Å². The van der Waals surface area contributed by atoms with Crippen molar-refractivity contribution in [2.75, 3.05) is 13.2 Å². The van der Waals surface area contributed by atoms with Crippen molar-refractivity contribution in [2.45, 2.75) is 58.5 Å². The predicted octanol–water partition coefficient (Wildman–Crippen LogP) is 3.93. The maximum absolute atomic E-state index is 13.2. The first kappa shape index (κ1) is 20.8. The van der Waals surface area contributed by atoms with Crippen molar-refractivity contribution < 1.29 is 24.2 Å². The van der Waals surface area contributed by atoms with E-state index in [9.17, 15) is 14.7 Å². The third kappa shape index (κ3) is 4.06. The number of phenols is 1. The smallest absolute Gasteiger partial charge is 0.315 e. The van der Waals surface area contributed by atoms with E-state index in [1.807, 2.05) is 6.92 Å². The maximum atomic E-state index is 13.2. The van der Waals surface area contributed by atoms with Gasteiger partial charge in [0.25, 0.3) is 0 Å². The highest BCUT2D eigenvalue weighted by atomic mass is 16.6. The van der Waals surface area contributed by atoms with Gasteiger partial charge in [0.1, 0.15) is 18.3 Å². The van der Waals surface area contributed by atoms with Crippen molar-refractivity contribution in [1.29, 1.82) is 0 Å². The van der Waals surface area contributed by atoms with Gasteiger partial charge in [0, 0.05) is 35.9 Å². The Balaban J connectivity index is 1.70. The number of aromatic hydroxyl groups is 1. The minimum Gasteiger partial charge on any atom is -0.508 e. The number of phenolic OH excluding ortho intramolecular Hbond substituents is 1. The molecule has 0 bridgehead atoms. The Morgan fingerprint density at radius 3 is 2.67 bits per heavy atom. The van der Waals surface area contributed by atoms with Gasteiger partial charge >= 0.3 is 5.97 Å². The van der Waals surface area contributed by atoms with Gasteiger partial charge in [-0.2, -0.15) is 0 Å². The Labute approximate surface area is 177 Å². The van der Waals surface area contributed by atoms with Crippen LogP contribution in [0, 0.1) is 11.3 Å². The highest BCUT2D eigenvalue weighted by Gasteiger charge is 2.46. The number of benzene rings is 1. The molecule has 6 heteroatoms. The molecule has 2 aliphatic heterocycles. The summed E-state index contributed by atoms with van der Waals surface area (Å²) in [4.78, 5) is 31.1. The Morgan fingerprint density at radius 1 is 1.27 bits per heavy atom. The van der Waals surface area contributed by atoms with Gasteiger partial charge in [0.15, 0.2) is 5.78 Å². The molecule has 3 aliphatic rings. The van der Waals surface area contributed by atoms with Crippen LogP contribution in [0.4, 0.5) is 0 Å². The molecule has 0 amide bonds. The first-order chi connectivity index (χ1) is 14.2. The Kier molecular flexibility index (Phi) is 5.53. The molecule has 1 aromatic rings. The van der Waals surface area contributed by atoms with Crippen LogP contribution < -0.4 is 0 Å². The number of hydrogen-bond donors (Lipinski definition) is 1. The Hall–Kier alpha value is -2.47. The third-order valence-electron chi connectivity index (χ3n) is 6.24. The largest absolute Gasteiger partial charge is 0.508 e. The van der Waals surface area contributed by atoms with Gasteiger partial charge in [-0.25, -0.2) is 0 Å². The number of carbonyl (C=O) groups excluding carboxylic acids is 2. The van der Waals surface area contributed by atoms with E-state index in [0.29, 0.717) is 30.7 Å². The molecule has 3 atom stereocenters. The van der Waals surface area contributed by atoms with Crippen LogP contribution in [0.3, 0.4) is 0 Å². The zero-order valence-electron chi connectivity index (χ0n) is 17.8. The van der Waals surface area contributed by atoms with E-state index >= 15 is 0 Å². The van der Waals surface area contributed by atoms with Crippen LogP contribution in [0.5, 0.6) is 5.75 Å². The lowest BCUT2D eigenvalue weighted by Crippen LogP contribution is -2.40. The lowest BCUT2D eigenvalue weighted by atomic mass is 9.67. The van der Waals surface area contributed by atoms with Crippen LogP contribution in [0.25, 0.3) is 0 Å². The second kappa shape index (κ2) is 7.99. The number of Topliss-reactive ketones (excluding diaryl/α,β-unsaturated/α-hetero) is 1. The molecule has 1 N–H and O–H groups in total. The Morgan fingerprint density at radius 2 is 2.00 bits per heavy atom. The molecule has 4 rings (SSSR count). The van der Waals surface area contributed by atoms with Crippen LogP contribution >= 0.6 is 0 Å². The molecule has 0 saturated carbocycles. The summed E-state index contributed by atoms with van der Waals surface area (Å²) in [5.74, 6) is -1.33. The summed E-state index contributed by atoms with van der Waals surface area (Å²) in [5.41, 5.74) is 2.70. The lowest BCUT2D eigenvalue weighted by molar-refractivity contribution is -0.149. The van der Waals surface area contributed by atoms with Gasteiger partial charge in [-0.1, -0.05) is 26.0 Å². The summed E-state index contributed by atoms with van der Waals surface area (Å²) in [6.45, 7) is 6.88. The standard InChI is InChI=1S/C24H29NO5/c1-14-20(23(28)30-13-17-5-4-10-29-17)21(15-6-8-16(26)9-7-15)22-18(25-14)11-24(2,3)12-19(22)27/h6-9,17,20-21,26H,4-5,10-13H2,1-3H3/t17-,20?,21-/m1/s1. The fourth-order valence-corrected chi connectivity index (χ4v) is 4.83. The molecular formula is C24H29NO5. The van der Waals surface area contributed by atoms with E-state index in [0.717, 1.165) is 24.1 Å². The molecule has 0 spiro atoms. The number of ether oxygens (including phenoxy) is 2. The van der Waals surface area contributed by atoms with E-state index in [2.05, 4.69) is 13.8 Å². The quantitative estimate of drug-likeness (QED) is 0.759. The van der Waals surface area contributed by atoms with Gasteiger partial charge in [0.05, 0.1) is 6.10 Å². The second-order valence-electron chi connectivity index (χ2n) is 9.37. The Bertz CT molecular complexity index is 906. The monoisotopic (exact) mass is 411 g/mol. The molecule has 1 fully saturated rings. The second-order valence-corrected chi connectivity index (χ2v) is 9.37. The predicted molar refractivity (Wildman–Crippen MR) is 112 cm³/mol. The zero-order valence-corrected chi connectivity index (χ0v) is 17.8.